The van der Waals surface area contributed by atoms with Gasteiger partial charge in [0.15, 0.2) is 0 Å². The van der Waals surface area contributed by atoms with Gasteiger partial charge in [0.2, 0.25) is 0 Å². The highest BCUT2D eigenvalue weighted by atomic mass is 16.5. The highest BCUT2D eigenvalue weighted by Crippen LogP contribution is 2.05. The molecule has 13 heavy (non-hydrogen) atoms. The molecule has 1 heterocycles. The molecule has 74 valence electrons. The lowest BCUT2D eigenvalue weighted by Crippen LogP contribution is -2.31. The zero-order chi connectivity index (χ0) is 9.52. The molecule has 1 aliphatic heterocycles. The van der Waals surface area contributed by atoms with E-state index in [0.29, 0.717) is 6.04 Å². The van der Waals surface area contributed by atoms with Crippen LogP contribution in [0.5, 0.6) is 0 Å². The van der Waals surface area contributed by atoms with Crippen LogP contribution in [0.25, 0.3) is 0 Å². The van der Waals surface area contributed by atoms with Gasteiger partial charge in [0.25, 0.3) is 0 Å². The predicted molar refractivity (Wildman–Crippen MR) is 54.1 cm³/mol. The first kappa shape index (κ1) is 10.1. The number of hydrogen-bond donors (Lipinski definition) is 2. The Labute approximate surface area is 79.6 Å². The predicted octanol–water partition coefficient (Wildman–Crippen LogP) is 1.13. The van der Waals surface area contributed by atoms with Gasteiger partial charge in [0, 0.05) is 25.0 Å². The first-order chi connectivity index (χ1) is 6.33. The minimum Gasteiger partial charge on any atom is -0.399 e. The number of hydrogen-bond acceptors (Lipinski definition) is 3. The van der Waals surface area contributed by atoms with Crippen LogP contribution in [0.3, 0.4) is 0 Å². The molecular weight excluding hydrogens is 164 g/mol. The first-order valence-electron chi connectivity index (χ1n) is 4.75. The molecule has 0 amide bonds. The fourth-order valence-corrected chi connectivity index (χ4v) is 1.24. The molecule has 0 aromatic heterocycles. The molecule has 3 nitrogen and oxygen atoms in total. The summed E-state index contributed by atoms with van der Waals surface area (Å²) in [5.74, 6) is 0. The van der Waals surface area contributed by atoms with E-state index in [1.54, 1.807) is 0 Å². The van der Waals surface area contributed by atoms with Crippen LogP contribution in [0.2, 0.25) is 0 Å². The molecule has 0 radical (unpaired) electrons. The lowest BCUT2D eigenvalue weighted by molar-refractivity contribution is 0.0812. The van der Waals surface area contributed by atoms with Gasteiger partial charge >= 0.3 is 0 Å². The topological polar surface area (TPSA) is 47.3 Å². The van der Waals surface area contributed by atoms with Crippen molar-refractivity contribution in [1.29, 1.82) is 0 Å². The Bertz CT molecular complexity index is 193. The van der Waals surface area contributed by atoms with Crippen molar-refractivity contribution in [3.05, 3.63) is 24.0 Å². The molecule has 0 aliphatic carbocycles. The minimum absolute atomic E-state index is 0.551. The van der Waals surface area contributed by atoms with Gasteiger partial charge in [0.05, 0.1) is 0 Å². The van der Waals surface area contributed by atoms with Crippen LogP contribution in [-0.2, 0) is 4.74 Å². The average Bonchev–Trinajstić information content (AvgIpc) is 2.19. The number of nitrogens with one attached hydrogen (secondary N) is 1. The van der Waals surface area contributed by atoms with Crippen LogP contribution in [0.4, 0.5) is 0 Å². The van der Waals surface area contributed by atoms with Crippen LogP contribution in [0, 0.1) is 0 Å². The van der Waals surface area contributed by atoms with Crippen molar-refractivity contribution in [2.45, 2.75) is 25.8 Å². The molecule has 1 saturated heterocycles. The molecule has 0 unspecified atom stereocenters. The number of rotatable bonds is 3. The van der Waals surface area contributed by atoms with E-state index in [2.05, 4.69) is 5.32 Å². The number of nitrogens with two attached hydrogens (primary N) is 1. The zero-order valence-corrected chi connectivity index (χ0v) is 8.12. The third-order valence-corrected chi connectivity index (χ3v) is 2.16. The first-order valence-corrected chi connectivity index (χ1v) is 4.75. The molecule has 1 rings (SSSR count). The second-order valence-electron chi connectivity index (χ2n) is 3.18. The van der Waals surface area contributed by atoms with Crippen LogP contribution in [-0.4, -0.2) is 19.3 Å². The van der Waals surface area contributed by atoms with Gasteiger partial charge in [-0.3, -0.25) is 0 Å². The molecule has 0 spiro atoms. The average molecular weight is 182 g/mol. The molecular formula is C10H18N2O. The summed E-state index contributed by atoms with van der Waals surface area (Å²) in [4.78, 5) is 0. The van der Waals surface area contributed by atoms with Crippen molar-refractivity contribution in [2.75, 3.05) is 13.2 Å². The summed E-state index contributed by atoms with van der Waals surface area (Å²) in [5.41, 5.74) is 6.39. The van der Waals surface area contributed by atoms with Gasteiger partial charge in [-0.05, 0) is 32.0 Å². The normalized spacial score (nSPS) is 20.8. The van der Waals surface area contributed by atoms with Crippen LogP contribution < -0.4 is 11.1 Å². The van der Waals surface area contributed by atoms with E-state index in [9.17, 15) is 0 Å². The van der Waals surface area contributed by atoms with Crippen molar-refractivity contribution < 1.29 is 4.74 Å². The monoisotopic (exact) mass is 182 g/mol. The molecule has 0 aromatic rings. The smallest absolute Gasteiger partial charge is 0.0485 e. The largest absolute Gasteiger partial charge is 0.399 e. The lowest BCUT2D eigenvalue weighted by atomic mass is 10.1. The standard InChI is InChI=1S/C10H18N2O/c1-2-9(11)3-6-12-10-4-7-13-8-5-10/h2-3,6,10,12H,4-5,7-8,11H2,1H3/b6-3-,9-2+. The van der Waals surface area contributed by atoms with Crippen LogP contribution in [0.15, 0.2) is 24.0 Å². The van der Waals surface area contributed by atoms with Gasteiger partial charge in [-0.25, -0.2) is 0 Å². The SMILES string of the molecule is C/C=C(N)\C=C/NC1CCOCC1. The Morgan fingerprint density at radius 1 is 1.46 bits per heavy atom. The lowest BCUT2D eigenvalue weighted by Gasteiger charge is -2.22. The second-order valence-corrected chi connectivity index (χ2v) is 3.18. The van der Waals surface area contributed by atoms with Crippen molar-refractivity contribution in [1.82, 2.24) is 5.32 Å². The molecule has 3 heteroatoms. The van der Waals surface area contributed by atoms with Gasteiger partial charge < -0.3 is 15.8 Å². The Kier molecular flexibility index (Phi) is 4.40. The Balaban J connectivity index is 2.20. The minimum atomic E-state index is 0.551. The van der Waals surface area contributed by atoms with E-state index in [4.69, 9.17) is 10.5 Å². The van der Waals surface area contributed by atoms with Gasteiger partial charge in [-0.1, -0.05) is 6.08 Å². The summed E-state index contributed by atoms with van der Waals surface area (Å²) in [7, 11) is 0. The van der Waals surface area contributed by atoms with Crippen LogP contribution >= 0.6 is 0 Å². The Morgan fingerprint density at radius 3 is 2.77 bits per heavy atom. The Hall–Kier alpha value is -0.960. The Morgan fingerprint density at radius 2 is 2.15 bits per heavy atom. The third kappa shape index (κ3) is 3.99. The molecule has 0 aromatic carbocycles. The van der Waals surface area contributed by atoms with Crippen molar-refractivity contribution in [2.24, 2.45) is 5.73 Å². The quantitative estimate of drug-likeness (QED) is 0.643. The summed E-state index contributed by atoms with van der Waals surface area (Å²) in [6, 6.07) is 0.551. The van der Waals surface area contributed by atoms with E-state index >= 15 is 0 Å². The van der Waals surface area contributed by atoms with E-state index in [-0.39, 0.29) is 0 Å². The maximum Gasteiger partial charge on any atom is 0.0485 e. The summed E-state index contributed by atoms with van der Waals surface area (Å²) in [6.45, 7) is 3.66. The van der Waals surface area contributed by atoms with E-state index in [1.165, 1.54) is 0 Å². The second kappa shape index (κ2) is 5.65. The third-order valence-electron chi connectivity index (χ3n) is 2.16. The number of ether oxygens (including phenoxy) is 1. The van der Waals surface area contributed by atoms with E-state index < -0.39 is 0 Å². The summed E-state index contributed by atoms with van der Waals surface area (Å²) >= 11 is 0. The van der Waals surface area contributed by atoms with Gasteiger partial charge in [-0.2, -0.15) is 0 Å². The molecule has 1 fully saturated rings. The van der Waals surface area contributed by atoms with E-state index in [0.717, 1.165) is 31.8 Å². The highest BCUT2D eigenvalue weighted by Gasteiger charge is 2.10. The maximum atomic E-state index is 5.60. The molecule has 1 aliphatic rings. The fourth-order valence-electron chi connectivity index (χ4n) is 1.24. The van der Waals surface area contributed by atoms with Crippen molar-refractivity contribution >= 4 is 0 Å². The molecule has 0 atom stereocenters. The number of allylic oxidation sites excluding steroid dienone is 2. The maximum absolute atomic E-state index is 5.60. The van der Waals surface area contributed by atoms with Crippen LogP contribution in [0.1, 0.15) is 19.8 Å². The highest BCUT2D eigenvalue weighted by molar-refractivity contribution is 5.12. The summed E-state index contributed by atoms with van der Waals surface area (Å²) in [5, 5.41) is 3.31. The molecule has 3 N–H and O–H groups in total. The summed E-state index contributed by atoms with van der Waals surface area (Å²) in [6.07, 6.45) is 7.85. The van der Waals surface area contributed by atoms with Crippen molar-refractivity contribution in [3.8, 4) is 0 Å². The van der Waals surface area contributed by atoms with Gasteiger partial charge in [0.1, 0.15) is 0 Å². The summed E-state index contributed by atoms with van der Waals surface area (Å²) < 4.78 is 5.25. The van der Waals surface area contributed by atoms with Gasteiger partial charge in [-0.15, -0.1) is 0 Å². The van der Waals surface area contributed by atoms with Crippen molar-refractivity contribution in [3.63, 3.8) is 0 Å². The van der Waals surface area contributed by atoms with E-state index in [1.807, 2.05) is 25.3 Å². The zero-order valence-electron chi connectivity index (χ0n) is 8.12. The molecule has 0 saturated carbocycles. The fraction of sp³-hybridized carbons (Fsp3) is 0.600. The molecule has 0 bridgehead atoms.